The maximum absolute atomic E-state index is 8.59. The maximum Gasteiger partial charge on any atom is 0.0621 e. The average Bonchev–Trinajstić information content (AvgIpc) is 2.75. The van der Waals surface area contributed by atoms with Gasteiger partial charge in [0.25, 0.3) is 0 Å². The minimum absolute atomic E-state index is 0.709. The minimum Gasteiger partial charge on any atom is -0.198 e. The lowest BCUT2D eigenvalue weighted by molar-refractivity contribution is 0.503. The predicted octanol–water partition coefficient (Wildman–Crippen LogP) is 4.64. The van der Waals surface area contributed by atoms with Crippen molar-refractivity contribution in [3.05, 3.63) is 34.3 Å². The third kappa shape index (κ3) is 2.86. The van der Waals surface area contributed by atoms with Gasteiger partial charge in [-0.25, -0.2) is 0 Å². The van der Waals surface area contributed by atoms with E-state index in [9.17, 15) is 0 Å². The van der Waals surface area contributed by atoms with E-state index >= 15 is 0 Å². The van der Waals surface area contributed by atoms with Gasteiger partial charge < -0.3 is 0 Å². The number of rotatable bonds is 3. The molecule has 0 spiro atoms. The Labute approximate surface area is 106 Å². The molecule has 1 fully saturated rings. The Morgan fingerprint density at radius 1 is 1.38 bits per heavy atom. The van der Waals surface area contributed by atoms with Crippen LogP contribution in [0.3, 0.4) is 0 Å². The quantitative estimate of drug-likeness (QED) is 0.790. The normalized spacial score (nSPS) is 24.2. The molecule has 16 heavy (non-hydrogen) atoms. The third-order valence-electron chi connectivity index (χ3n) is 3.53. The number of benzene rings is 1. The zero-order valence-electron chi connectivity index (χ0n) is 9.32. The van der Waals surface area contributed by atoms with Gasteiger partial charge in [-0.05, 0) is 55.2 Å². The van der Waals surface area contributed by atoms with E-state index < -0.39 is 0 Å². The summed E-state index contributed by atoms with van der Waals surface area (Å²) in [4.78, 5) is 0. The molecule has 2 unspecified atom stereocenters. The second-order valence-corrected chi connectivity index (χ2v) is 5.54. The Kier molecular flexibility index (Phi) is 4.01. The van der Waals surface area contributed by atoms with Crippen LogP contribution in [-0.4, -0.2) is 0 Å². The summed E-state index contributed by atoms with van der Waals surface area (Å²) in [5, 5.41) is 8.59. The molecule has 0 N–H and O–H groups in total. The van der Waals surface area contributed by atoms with E-state index in [1.165, 1.54) is 29.3 Å². The van der Waals surface area contributed by atoms with Crippen LogP contribution in [0.5, 0.6) is 0 Å². The van der Waals surface area contributed by atoms with Crippen LogP contribution in [0.4, 0.5) is 0 Å². The molecule has 0 aromatic heterocycles. The van der Waals surface area contributed by atoms with E-state index in [-0.39, 0.29) is 0 Å². The second-order valence-electron chi connectivity index (χ2n) is 4.63. The molecular formula is C14H16BrN. The van der Waals surface area contributed by atoms with Crippen LogP contribution < -0.4 is 0 Å². The first kappa shape index (κ1) is 11.7. The number of halogens is 1. The number of nitrogens with zero attached hydrogens (tertiary/aromatic N) is 1. The summed E-state index contributed by atoms with van der Waals surface area (Å²) in [5.74, 6) is 1.48. The number of hydrogen-bond donors (Lipinski definition) is 0. The molecule has 2 heteroatoms. The van der Waals surface area contributed by atoms with E-state index in [0.717, 1.165) is 18.8 Å². The molecule has 1 aliphatic rings. The fourth-order valence-corrected chi connectivity index (χ4v) is 3.09. The van der Waals surface area contributed by atoms with Crippen LogP contribution in [0.2, 0.25) is 0 Å². The molecule has 1 nitrogen and oxygen atoms in total. The summed E-state index contributed by atoms with van der Waals surface area (Å²) >= 11 is 3.52. The molecule has 0 radical (unpaired) electrons. The van der Waals surface area contributed by atoms with Crippen LogP contribution in [0, 0.1) is 17.2 Å². The van der Waals surface area contributed by atoms with Crippen molar-refractivity contribution in [2.75, 3.05) is 0 Å². The minimum atomic E-state index is 0.709. The van der Waals surface area contributed by atoms with Crippen LogP contribution in [0.1, 0.15) is 43.6 Å². The smallest absolute Gasteiger partial charge is 0.0621 e. The lowest BCUT2D eigenvalue weighted by atomic mass is 9.95. The molecule has 0 bridgehead atoms. The van der Waals surface area contributed by atoms with E-state index in [1.54, 1.807) is 0 Å². The Bertz CT molecular complexity index is 394. The first-order valence-electron chi connectivity index (χ1n) is 5.92. The zero-order valence-corrected chi connectivity index (χ0v) is 10.9. The molecule has 0 heterocycles. The van der Waals surface area contributed by atoms with Crippen LogP contribution in [-0.2, 0) is 0 Å². The summed E-state index contributed by atoms with van der Waals surface area (Å²) in [5.41, 5.74) is 1.45. The number of hydrogen-bond acceptors (Lipinski definition) is 1. The summed E-state index contributed by atoms with van der Waals surface area (Å²) < 4.78 is 1.17. The largest absolute Gasteiger partial charge is 0.198 e. The second kappa shape index (κ2) is 5.50. The van der Waals surface area contributed by atoms with Crippen molar-refractivity contribution >= 4 is 15.9 Å². The SMILES string of the molecule is N#CCCC1CCC(c2cccc(Br)c2)C1. The molecular weight excluding hydrogens is 262 g/mol. The highest BCUT2D eigenvalue weighted by molar-refractivity contribution is 9.10. The number of nitriles is 1. The first-order chi connectivity index (χ1) is 7.79. The average molecular weight is 278 g/mol. The van der Waals surface area contributed by atoms with Crippen molar-refractivity contribution in [1.82, 2.24) is 0 Å². The Balaban J connectivity index is 1.96. The van der Waals surface area contributed by atoms with Gasteiger partial charge in [-0.2, -0.15) is 5.26 Å². The van der Waals surface area contributed by atoms with Gasteiger partial charge in [0.05, 0.1) is 6.07 Å². The highest BCUT2D eigenvalue weighted by atomic mass is 79.9. The summed E-state index contributed by atoms with van der Waals surface area (Å²) in [6.45, 7) is 0. The van der Waals surface area contributed by atoms with Crippen LogP contribution in [0.15, 0.2) is 28.7 Å². The van der Waals surface area contributed by atoms with Gasteiger partial charge in [-0.15, -0.1) is 0 Å². The Morgan fingerprint density at radius 2 is 2.25 bits per heavy atom. The van der Waals surface area contributed by atoms with E-state index in [2.05, 4.69) is 46.3 Å². The predicted molar refractivity (Wildman–Crippen MR) is 69.1 cm³/mol. The van der Waals surface area contributed by atoms with E-state index in [1.807, 2.05) is 0 Å². The molecule has 0 amide bonds. The lowest BCUT2D eigenvalue weighted by Crippen LogP contribution is -1.96. The molecule has 2 rings (SSSR count). The molecule has 1 saturated carbocycles. The highest BCUT2D eigenvalue weighted by Crippen LogP contribution is 2.40. The molecule has 0 aliphatic heterocycles. The highest BCUT2D eigenvalue weighted by Gasteiger charge is 2.25. The molecule has 1 aromatic rings. The van der Waals surface area contributed by atoms with Gasteiger partial charge in [0, 0.05) is 10.9 Å². The standard InChI is InChI=1S/C14H16BrN/c15-14-5-1-4-12(10-14)13-7-6-11(9-13)3-2-8-16/h1,4-5,10-11,13H,2-3,6-7,9H2. The molecule has 1 aromatic carbocycles. The Hall–Kier alpha value is -0.810. The fraction of sp³-hybridized carbons (Fsp3) is 0.500. The van der Waals surface area contributed by atoms with Crippen molar-refractivity contribution in [2.24, 2.45) is 5.92 Å². The van der Waals surface area contributed by atoms with E-state index in [4.69, 9.17) is 5.26 Å². The van der Waals surface area contributed by atoms with Crippen molar-refractivity contribution in [2.45, 2.75) is 38.0 Å². The molecule has 0 saturated heterocycles. The maximum atomic E-state index is 8.59. The van der Waals surface area contributed by atoms with Gasteiger partial charge in [0.15, 0.2) is 0 Å². The van der Waals surface area contributed by atoms with Crippen LogP contribution in [0.25, 0.3) is 0 Å². The van der Waals surface area contributed by atoms with E-state index in [0.29, 0.717) is 5.92 Å². The summed E-state index contributed by atoms with van der Waals surface area (Å²) in [6, 6.07) is 10.9. The molecule has 1 aliphatic carbocycles. The van der Waals surface area contributed by atoms with Gasteiger partial charge in [-0.1, -0.05) is 28.1 Å². The van der Waals surface area contributed by atoms with Gasteiger partial charge >= 0.3 is 0 Å². The van der Waals surface area contributed by atoms with Crippen molar-refractivity contribution in [3.8, 4) is 6.07 Å². The Morgan fingerprint density at radius 3 is 3.00 bits per heavy atom. The van der Waals surface area contributed by atoms with Gasteiger partial charge in [-0.3, -0.25) is 0 Å². The third-order valence-corrected chi connectivity index (χ3v) is 4.02. The van der Waals surface area contributed by atoms with Crippen molar-refractivity contribution in [1.29, 1.82) is 5.26 Å². The van der Waals surface area contributed by atoms with Crippen molar-refractivity contribution < 1.29 is 0 Å². The zero-order chi connectivity index (χ0) is 11.4. The topological polar surface area (TPSA) is 23.8 Å². The summed E-state index contributed by atoms with van der Waals surface area (Å²) in [7, 11) is 0. The van der Waals surface area contributed by atoms with Crippen molar-refractivity contribution in [3.63, 3.8) is 0 Å². The van der Waals surface area contributed by atoms with Crippen LogP contribution >= 0.6 is 15.9 Å². The first-order valence-corrected chi connectivity index (χ1v) is 6.71. The lowest BCUT2D eigenvalue weighted by Gasteiger charge is -2.11. The van der Waals surface area contributed by atoms with Gasteiger partial charge in [0.2, 0.25) is 0 Å². The molecule has 2 atom stereocenters. The monoisotopic (exact) mass is 277 g/mol. The fourth-order valence-electron chi connectivity index (χ4n) is 2.67. The summed E-state index contributed by atoms with van der Waals surface area (Å²) in [6.07, 6.45) is 5.64. The molecule has 84 valence electrons. The van der Waals surface area contributed by atoms with Gasteiger partial charge in [0.1, 0.15) is 0 Å².